The highest BCUT2D eigenvalue weighted by atomic mass is 32.2. The van der Waals surface area contributed by atoms with Crippen LogP contribution in [0.15, 0.2) is 28.2 Å². The predicted octanol–water partition coefficient (Wildman–Crippen LogP) is 0.958. The van der Waals surface area contributed by atoms with E-state index in [1.165, 1.54) is 33.3 Å². The van der Waals surface area contributed by atoms with E-state index in [1.54, 1.807) is 6.07 Å². The van der Waals surface area contributed by atoms with Gasteiger partial charge in [-0.25, -0.2) is 27.5 Å². The third kappa shape index (κ3) is 4.01. The number of sulfonamides is 1. The average molecular weight is 421 g/mol. The van der Waals surface area contributed by atoms with Crippen molar-refractivity contribution in [1.82, 2.24) is 18.9 Å². The second-order valence-electron chi connectivity index (χ2n) is 6.75. The molecular formula is C18H23N5O5S. The number of esters is 1. The van der Waals surface area contributed by atoms with Crippen LogP contribution in [0.5, 0.6) is 0 Å². The number of rotatable bonds is 6. The van der Waals surface area contributed by atoms with E-state index in [4.69, 9.17) is 4.74 Å². The summed E-state index contributed by atoms with van der Waals surface area (Å²) in [6.07, 6.45) is 0.443. The standard InChI is InChI=1S/C18H23N5O5S/c1-5-23-15-8-6-12(29(26,27)21(2)3)10-14(15)19-16(23)11-28-18(25)13-7-9-17(24)22(4)20-13/h6,8,10H,5,7,9,11H2,1-4H3. The minimum atomic E-state index is -3.58. The number of nitrogens with zero attached hydrogens (tertiary/aromatic N) is 5. The highest BCUT2D eigenvalue weighted by molar-refractivity contribution is 7.89. The molecule has 2 heterocycles. The first kappa shape index (κ1) is 20.9. The molecule has 3 rings (SSSR count). The largest absolute Gasteiger partial charge is 0.453 e. The van der Waals surface area contributed by atoms with Gasteiger partial charge in [0.1, 0.15) is 18.1 Å². The topological polar surface area (TPSA) is 114 Å². The minimum Gasteiger partial charge on any atom is -0.453 e. The summed E-state index contributed by atoms with van der Waals surface area (Å²) in [5.41, 5.74) is 1.43. The SMILES string of the molecule is CCn1c(COC(=O)C2=NN(C)C(=O)CC2)nc2cc(S(=O)(=O)N(C)C)ccc21. The molecule has 2 aromatic rings. The fourth-order valence-corrected chi connectivity index (χ4v) is 3.95. The number of fused-ring (bicyclic) bond motifs is 1. The van der Waals surface area contributed by atoms with Crippen molar-refractivity contribution in [2.75, 3.05) is 21.1 Å². The maximum absolute atomic E-state index is 12.4. The number of amides is 1. The van der Waals surface area contributed by atoms with E-state index in [9.17, 15) is 18.0 Å². The number of ether oxygens (including phenoxy) is 1. The first-order chi connectivity index (χ1) is 13.6. The Morgan fingerprint density at radius 2 is 2.00 bits per heavy atom. The molecule has 0 unspecified atom stereocenters. The van der Waals surface area contributed by atoms with Crippen molar-refractivity contribution in [2.45, 2.75) is 37.8 Å². The summed E-state index contributed by atoms with van der Waals surface area (Å²) in [6.45, 7) is 2.40. The summed E-state index contributed by atoms with van der Waals surface area (Å²) in [5.74, 6) is -0.260. The fraction of sp³-hybridized carbons (Fsp3) is 0.444. The maximum Gasteiger partial charge on any atom is 0.354 e. The van der Waals surface area contributed by atoms with Crippen molar-refractivity contribution in [3.05, 3.63) is 24.0 Å². The van der Waals surface area contributed by atoms with Crippen LogP contribution in [0.25, 0.3) is 11.0 Å². The molecule has 0 fully saturated rings. The van der Waals surface area contributed by atoms with Crippen LogP contribution < -0.4 is 0 Å². The van der Waals surface area contributed by atoms with E-state index in [-0.39, 0.29) is 36.0 Å². The summed E-state index contributed by atoms with van der Waals surface area (Å²) < 4.78 is 33.0. The third-order valence-electron chi connectivity index (χ3n) is 4.67. The summed E-state index contributed by atoms with van der Waals surface area (Å²) in [4.78, 5) is 28.4. The zero-order valence-corrected chi connectivity index (χ0v) is 17.6. The number of imidazole rings is 1. The summed E-state index contributed by atoms with van der Waals surface area (Å²) in [7, 11) is 0.845. The highest BCUT2D eigenvalue weighted by Gasteiger charge is 2.24. The van der Waals surface area contributed by atoms with E-state index in [1.807, 2.05) is 11.5 Å². The lowest BCUT2D eigenvalue weighted by molar-refractivity contribution is -0.137. The Morgan fingerprint density at radius 1 is 1.28 bits per heavy atom. The monoisotopic (exact) mass is 421 g/mol. The van der Waals surface area contributed by atoms with Crippen molar-refractivity contribution < 1.29 is 22.7 Å². The second-order valence-corrected chi connectivity index (χ2v) is 8.90. The Bertz CT molecular complexity index is 1100. The minimum absolute atomic E-state index is 0.0895. The van der Waals surface area contributed by atoms with Crippen LogP contribution >= 0.6 is 0 Å². The molecule has 0 bridgehead atoms. The van der Waals surface area contributed by atoms with Gasteiger partial charge in [-0.05, 0) is 25.1 Å². The Balaban J connectivity index is 1.85. The molecule has 0 radical (unpaired) electrons. The van der Waals surface area contributed by atoms with E-state index < -0.39 is 16.0 Å². The molecule has 0 atom stereocenters. The van der Waals surface area contributed by atoms with Crippen LogP contribution in [0.4, 0.5) is 0 Å². The Kier molecular flexibility index (Phi) is 5.71. The lowest BCUT2D eigenvalue weighted by Crippen LogP contribution is -2.32. The molecule has 156 valence electrons. The van der Waals surface area contributed by atoms with Crippen LogP contribution in [-0.4, -0.2) is 66.0 Å². The third-order valence-corrected chi connectivity index (χ3v) is 6.48. The first-order valence-corrected chi connectivity index (χ1v) is 10.5. The van der Waals surface area contributed by atoms with Crippen molar-refractivity contribution >= 4 is 38.6 Å². The molecule has 0 saturated heterocycles. The number of carbonyl (C=O) groups is 2. The number of hydrogen-bond donors (Lipinski definition) is 0. The molecule has 0 N–H and O–H groups in total. The van der Waals surface area contributed by atoms with Crippen molar-refractivity contribution in [3.63, 3.8) is 0 Å². The first-order valence-electron chi connectivity index (χ1n) is 9.08. The number of benzene rings is 1. The van der Waals surface area contributed by atoms with Gasteiger partial charge in [0, 0.05) is 40.5 Å². The summed E-state index contributed by atoms with van der Waals surface area (Å²) in [6, 6.07) is 4.73. The van der Waals surface area contributed by atoms with E-state index in [0.29, 0.717) is 17.9 Å². The second kappa shape index (κ2) is 7.91. The smallest absolute Gasteiger partial charge is 0.354 e. The maximum atomic E-state index is 12.4. The van der Waals surface area contributed by atoms with Gasteiger partial charge in [0.15, 0.2) is 0 Å². The Labute approximate surface area is 168 Å². The van der Waals surface area contributed by atoms with Crippen molar-refractivity contribution in [3.8, 4) is 0 Å². The molecule has 1 aromatic carbocycles. The number of hydrazone groups is 1. The molecule has 1 aliphatic rings. The fourth-order valence-electron chi connectivity index (χ4n) is 3.02. The van der Waals surface area contributed by atoms with Crippen LogP contribution in [0.3, 0.4) is 0 Å². The van der Waals surface area contributed by atoms with Gasteiger partial charge in [-0.2, -0.15) is 5.10 Å². The molecule has 10 nitrogen and oxygen atoms in total. The number of aromatic nitrogens is 2. The Hall–Kier alpha value is -2.79. The van der Waals surface area contributed by atoms with E-state index >= 15 is 0 Å². The van der Waals surface area contributed by atoms with Crippen molar-refractivity contribution in [2.24, 2.45) is 5.10 Å². The lowest BCUT2D eigenvalue weighted by Gasteiger charge is -2.18. The molecule has 1 amide bonds. The molecule has 29 heavy (non-hydrogen) atoms. The quantitative estimate of drug-likeness (QED) is 0.642. The average Bonchev–Trinajstić information content (AvgIpc) is 3.04. The Morgan fingerprint density at radius 3 is 2.62 bits per heavy atom. The summed E-state index contributed by atoms with van der Waals surface area (Å²) >= 11 is 0. The molecular weight excluding hydrogens is 398 g/mol. The molecule has 0 aliphatic carbocycles. The predicted molar refractivity (Wildman–Crippen MR) is 106 cm³/mol. The van der Waals surface area contributed by atoms with Crippen LogP contribution in [0, 0.1) is 0 Å². The van der Waals surface area contributed by atoms with E-state index in [0.717, 1.165) is 14.8 Å². The van der Waals surface area contributed by atoms with Gasteiger partial charge in [0.2, 0.25) is 15.9 Å². The highest BCUT2D eigenvalue weighted by Crippen LogP contribution is 2.22. The van der Waals surface area contributed by atoms with Crippen LogP contribution in [0.2, 0.25) is 0 Å². The van der Waals surface area contributed by atoms with Gasteiger partial charge in [-0.1, -0.05) is 0 Å². The molecule has 11 heteroatoms. The van der Waals surface area contributed by atoms with Crippen molar-refractivity contribution in [1.29, 1.82) is 0 Å². The lowest BCUT2D eigenvalue weighted by atomic mass is 10.2. The van der Waals surface area contributed by atoms with Crippen LogP contribution in [-0.2, 0) is 37.5 Å². The number of hydrogen-bond acceptors (Lipinski definition) is 7. The molecule has 0 saturated carbocycles. The number of aryl methyl sites for hydroxylation is 1. The molecule has 1 aromatic heterocycles. The van der Waals surface area contributed by atoms with Gasteiger partial charge in [0.05, 0.1) is 15.9 Å². The van der Waals surface area contributed by atoms with Gasteiger partial charge in [-0.3, -0.25) is 4.79 Å². The van der Waals surface area contributed by atoms with Gasteiger partial charge in [0.25, 0.3) is 0 Å². The molecule has 0 spiro atoms. The van der Waals surface area contributed by atoms with Crippen LogP contribution in [0.1, 0.15) is 25.6 Å². The molecule has 1 aliphatic heterocycles. The van der Waals surface area contributed by atoms with Gasteiger partial charge < -0.3 is 9.30 Å². The van der Waals surface area contributed by atoms with Gasteiger partial charge in [-0.15, -0.1) is 0 Å². The zero-order chi connectivity index (χ0) is 21.3. The summed E-state index contributed by atoms with van der Waals surface area (Å²) in [5, 5.41) is 5.08. The number of carbonyl (C=O) groups excluding carboxylic acids is 2. The zero-order valence-electron chi connectivity index (χ0n) is 16.7. The van der Waals surface area contributed by atoms with E-state index in [2.05, 4.69) is 10.1 Å². The normalized spacial score (nSPS) is 15.1. The van der Waals surface area contributed by atoms with Gasteiger partial charge >= 0.3 is 5.97 Å².